The minimum absolute atomic E-state index is 0.722. The van der Waals surface area contributed by atoms with E-state index in [4.69, 9.17) is 9.47 Å². The fourth-order valence-electron chi connectivity index (χ4n) is 2.70. The number of piperidine rings is 1. The summed E-state index contributed by atoms with van der Waals surface area (Å²) in [5.74, 6) is 2.55. The molecule has 1 saturated heterocycles. The molecular weight excluding hydrogens is 226 g/mol. The van der Waals surface area contributed by atoms with E-state index in [1.165, 1.54) is 24.0 Å². The zero-order valence-electron chi connectivity index (χ0n) is 11.6. The van der Waals surface area contributed by atoms with Crippen LogP contribution < -0.4 is 14.8 Å². The molecule has 1 N–H and O–H groups in total. The molecule has 18 heavy (non-hydrogen) atoms. The molecule has 1 aliphatic heterocycles. The lowest BCUT2D eigenvalue weighted by atomic mass is 9.90. The molecule has 1 heterocycles. The van der Waals surface area contributed by atoms with Crippen molar-refractivity contribution in [2.45, 2.75) is 26.2 Å². The third kappa shape index (κ3) is 2.96. The molecule has 0 amide bonds. The highest BCUT2D eigenvalue weighted by atomic mass is 16.5. The van der Waals surface area contributed by atoms with Crippen molar-refractivity contribution < 1.29 is 9.47 Å². The van der Waals surface area contributed by atoms with E-state index in [9.17, 15) is 0 Å². The molecule has 3 heteroatoms. The third-order valence-corrected chi connectivity index (χ3v) is 3.75. The molecule has 0 bridgehead atoms. The van der Waals surface area contributed by atoms with Crippen LogP contribution in [-0.4, -0.2) is 27.3 Å². The first-order valence-electron chi connectivity index (χ1n) is 6.66. The largest absolute Gasteiger partial charge is 0.497 e. The predicted octanol–water partition coefficient (Wildman–Crippen LogP) is 2.55. The summed E-state index contributed by atoms with van der Waals surface area (Å²) in [5, 5.41) is 3.47. The minimum atomic E-state index is 0.722. The Morgan fingerprint density at radius 1 is 1.28 bits per heavy atom. The summed E-state index contributed by atoms with van der Waals surface area (Å²) in [6.07, 6.45) is 3.68. The van der Waals surface area contributed by atoms with E-state index in [1.54, 1.807) is 14.2 Å². The van der Waals surface area contributed by atoms with E-state index in [1.807, 2.05) is 6.07 Å². The molecule has 1 aromatic rings. The highest BCUT2D eigenvalue weighted by molar-refractivity contribution is 5.46. The second kappa shape index (κ2) is 6.10. The predicted molar refractivity (Wildman–Crippen MR) is 73.6 cm³/mol. The van der Waals surface area contributed by atoms with E-state index in [0.717, 1.165) is 36.9 Å². The van der Waals surface area contributed by atoms with Crippen molar-refractivity contribution in [2.75, 3.05) is 27.3 Å². The number of nitrogens with one attached hydrogen (secondary N) is 1. The van der Waals surface area contributed by atoms with Gasteiger partial charge in [-0.1, -0.05) is 0 Å². The Labute approximate surface area is 109 Å². The molecule has 2 rings (SSSR count). The Balaban J connectivity index is 2.19. The molecule has 1 aromatic carbocycles. The summed E-state index contributed by atoms with van der Waals surface area (Å²) in [6.45, 7) is 4.42. The second-order valence-electron chi connectivity index (χ2n) is 5.04. The van der Waals surface area contributed by atoms with E-state index >= 15 is 0 Å². The molecule has 0 saturated carbocycles. The number of benzene rings is 1. The van der Waals surface area contributed by atoms with Crippen molar-refractivity contribution >= 4 is 0 Å². The summed E-state index contributed by atoms with van der Waals surface area (Å²) in [6, 6.07) is 4.08. The number of ether oxygens (including phenoxy) is 2. The molecule has 100 valence electrons. The lowest BCUT2D eigenvalue weighted by Gasteiger charge is -2.24. The minimum Gasteiger partial charge on any atom is -0.497 e. The Hall–Kier alpha value is -1.22. The summed E-state index contributed by atoms with van der Waals surface area (Å²) in [4.78, 5) is 0. The van der Waals surface area contributed by atoms with E-state index in [-0.39, 0.29) is 0 Å². The number of methoxy groups -OCH3 is 2. The summed E-state index contributed by atoms with van der Waals surface area (Å²) in [7, 11) is 3.43. The Kier molecular flexibility index (Phi) is 4.48. The number of rotatable bonds is 4. The first-order chi connectivity index (χ1) is 8.74. The number of hydrogen-bond acceptors (Lipinski definition) is 3. The molecule has 0 aliphatic carbocycles. The van der Waals surface area contributed by atoms with Gasteiger partial charge in [-0.25, -0.2) is 0 Å². The number of aryl methyl sites for hydroxylation is 1. The Morgan fingerprint density at radius 2 is 2.11 bits per heavy atom. The molecule has 3 nitrogen and oxygen atoms in total. The zero-order valence-corrected chi connectivity index (χ0v) is 11.6. The first kappa shape index (κ1) is 13.2. The van der Waals surface area contributed by atoms with Crippen LogP contribution in [0.2, 0.25) is 0 Å². The molecule has 0 radical (unpaired) electrons. The van der Waals surface area contributed by atoms with Crippen LogP contribution in [0.15, 0.2) is 12.1 Å². The van der Waals surface area contributed by atoms with Crippen LogP contribution in [0, 0.1) is 12.8 Å². The van der Waals surface area contributed by atoms with Crippen molar-refractivity contribution in [3.63, 3.8) is 0 Å². The molecule has 0 aromatic heterocycles. The third-order valence-electron chi connectivity index (χ3n) is 3.75. The Bertz CT molecular complexity index is 398. The van der Waals surface area contributed by atoms with Gasteiger partial charge in [-0.05, 0) is 62.4 Å². The quantitative estimate of drug-likeness (QED) is 0.889. The van der Waals surface area contributed by atoms with E-state index in [0.29, 0.717) is 0 Å². The van der Waals surface area contributed by atoms with Crippen LogP contribution in [0.25, 0.3) is 0 Å². The van der Waals surface area contributed by atoms with Gasteiger partial charge in [0.1, 0.15) is 11.5 Å². The first-order valence-corrected chi connectivity index (χ1v) is 6.66. The molecule has 1 unspecified atom stereocenters. The van der Waals surface area contributed by atoms with Gasteiger partial charge in [-0.3, -0.25) is 0 Å². The molecule has 0 spiro atoms. The van der Waals surface area contributed by atoms with Gasteiger partial charge in [0.2, 0.25) is 0 Å². The van der Waals surface area contributed by atoms with Crippen molar-refractivity contribution in [1.29, 1.82) is 0 Å². The standard InChI is InChI=1S/C15H23NO2/c1-11-7-13(17-2)9-15(18-3)14(11)8-12-5-4-6-16-10-12/h7,9,12,16H,4-6,8,10H2,1-3H3. The average Bonchev–Trinajstić information content (AvgIpc) is 2.42. The normalized spacial score (nSPS) is 19.6. The SMILES string of the molecule is COc1cc(C)c(CC2CCCNC2)c(OC)c1. The van der Waals surface area contributed by atoms with Gasteiger partial charge in [0.05, 0.1) is 14.2 Å². The van der Waals surface area contributed by atoms with Gasteiger partial charge in [0.25, 0.3) is 0 Å². The monoisotopic (exact) mass is 249 g/mol. The maximum Gasteiger partial charge on any atom is 0.126 e. The van der Waals surface area contributed by atoms with Crippen LogP contribution in [-0.2, 0) is 6.42 Å². The average molecular weight is 249 g/mol. The van der Waals surface area contributed by atoms with Gasteiger partial charge in [-0.2, -0.15) is 0 Å². The molecule has 1 aliphatic rings. The van der Waals surface area contributed by atoms with E-state index < -0.39 is 0 Å². The lowest BCUT2D eigenvalue weighted by molar-refractivity contribution is 0.360. The van der Waals surface area contributed by atoms with Crippen LogP contribution in [0.1, 0.15) is 24.0 Å². The highest BCUT2D eigenvalue weighted by Gasteiger charge is 2.17. The summed E-state index contributed by atoms with van der Waals surface area (Å²) in [5.41, 5.74) is 2.59. The molecular formula is C15H23NO2. The van der Waals surface area contributed by atoms with Gasteiger partial charge >= 0.3 is 0 Å². The summed E-state index contributed by atoms with van der Waals surface area (Å²) >= 11 is 0. The second-order valence-corrected chi connectivity index (χ2v) is 5.04. The highest BCUT2D eigenvalue weighted by Crippen LogP contribution is 2.31. The topological polar surface area (TPSA) is 30.5 Å². The van der Waals surface area contributed by atoms with Crippen molar-refractivity contribution in [3.05, 3.63) is 23.3 Å². The maximum absolute atomic E-state index is 5.51. The Morgan fingerprint density at radius 3 is 2.72 bits per heavy atom. The van der Waals surface area contributed by atoms with Crippen LogP contribution >= 0.6 is 0 Å². The van der Waals surface area contributed by atoms with Crippen LogP contribution in [0.4, 0.5) is 0 Å². The van der Waals surface area contributed by atoms with Gasteiger partial charge < -0.3 is 14.8 Å². The van der Waals surface area contributed by atoms with Gasteiger partial charge in [-0.15, -0.1) is 0 Å². The van der Waals surface area contributed by atoms with Crippen molar-refractivity contribution in [1.82, 2.24) is 5.32 Å². The van der Waals surface area contributed by atoms with Crippen LogP contribution in [0.5, 0.6) is 11.5 Å². The van der Waals surface area contributed by atoms with Crippen molar-refractivity contribution in [2.24, 2.45) is 5.92 Å². The molecule has 1 atom stereocenters. The zero-order chi connectivity index (χ0) is 13.0. The fourth-order valence-corrected chi connectivity index (χ4v) is 2.70. The maximum atomic E-state index is 5.51. The number of hydrogen-bond donors (Lipinski definition) is 1. The smallest absolute Gasteiger partial charge is 0.126 e. The van der Waals surface area contributed by atoms with Gasteiger partial charge in [0.15, 0.2) is 0 Å². The van der Waals surface area contributed by atoms with Gasteiger partial charge in [0, 0.05) is 6.07 Å². The summed E-state index contributed by atoms with van der Waals surface area (Å²) < 4.78 is 10.8. The van der Waals surface area contributed by atoms with E-state index in [2.05, 4.69) is 18.3 Å². The molecule has 1 fully saturated rings. The van der Waals surface area contributed by atoms with Crippen LogP contribution in [0.3, 0.4) is 0 Å². The lowest BCUT2D eigenvalue weighted by Crippen LogP contribution is -2.31. The fraction of sp³-hybridized carbons (Fsp3) is 0.600. The van der Waals surface area contributed by atoms with Crippen molar-refractivity contribution in [3.8, 4) is 11.5 Å².